The van der Waals surface area contributed by atoms with Crippen LogP contribution < -0.4 is 15.1 Å². The summed E-state index contributed by atoms with van der Waals surface area (Å²) < 4.78 is 0. The highest BCUT2D eigenvalue weighted by atomic mass is 16.2. The van der Waals surface area contributed by atoms with E-state index in [1.54, 1.807) is 31.1 Å². The Labute approximate surface area is 189 Å². The van der Waals surface area contributed by atoms with Gasteiger partial charge in [-0.2, -0.15) is 0 Å². The molecule has 168 valence electrons. The van der Waals surface area contributed by atoms with E-state index < -0.39 is 0 Å². The number of carbonyl (C=O) groups excluding carboxylic acids is 3. The minimum absolute atomic E-state index is 0.0748. The number of piperidine rings is 1. The third kappa shape index (κ3) is 4.20. The second kappa shape index (κ2) is 9.02. The Morgan fingerprint density at radius 3 is 2.56 bits per heavy atom. The second-order valence-electron chi connectivity index (χ2n) is 8.73. The number of carbonyl (C=O) groups is 3. The summed E-state index contributed by atoms with van der Waals surface area (Å²) in [5.41, 5.74) is 3.04. The zero-order chi connectivity index (χ0) is 22.8. The van der Waals surface area contributed by atoms with Crippen LogP contribution in [0.15, 0.2) is 48.5 Å². The summed E-state index contributed by atoms with van der Waals surface area (Å²) in [5, 5.41) is 3.00. The number of hydrogen-bond donors (Lipinski definition) is 1. The SMILES string of the molecule is CC(NC(=O)CN1C(=O)C2CCCCN2c2ccc(C(=O)N(C)C)cc21)c1ccccc1. The Kier molecular flexibility index (Phi) is 6.17. The Morgan fingerprint density at radius 1 is 1.09 bits per heavy atom. The smallest absolute Gasteiger partial charge is 0.253 e. The molecule has 0 saturated carbocycles. The van der Waals surface area contributed by atoms with Crippen LogP contribution in [-0.2, 0) is 9.59 Å². The zero-order valence-electron chi connectivity index (χ0n) is 18.9. The highest BCUT2D eigenvalue weighted by Crippen LogP contribution is 2.40. The minimum Gasteiger partial charge on any atom is -0.358 e. The molecule has 32 heavy (non-hydrogen) atoms. The zero-order valence-corrected chi connectivity index (χ0v) is 18.9. The molecule has 2 heterocycles. The van der Waals surface area contributed by atoms with Gasteiger partial charge in [-0.1, -0.05) is 30.3 Å². The summed E-state index contributed by atoms with van der Waals surface area (Å²) in [7, 11) is 3.40. The van der Waals surface area contributed by atoms with Crippen LogP contribution in [0.4, 0.5) is 11.4 Å². The first-order valence-electron chi connectivity index (χ1n) is 11.1. The lowest BCUT2D eigenvalue weighted by Crippen LogP contribution is -2.57. The predicted octanol–water partition coefficient (Wildman–Crippen LogP) is 2.97. The third-order valence-corrected chi connectivity index (χ3v) is 6.26. The van der Waals surface area contributed by atoms with Crippen LogP contribution in [-0.4, -0.2) is 55.8 Å². The van der Waals surface area contributed by atoms with E-state index in [1.807, 2.05) is 43.3 Å². The summed E-state index contributed by atoms with van der Waals surface area (Å²) in [6.07, 6.45) is 2.79. The number of hydrogen-bond acceptors (Lipinski definition) is 4. The van der Waals surface area contributed by atoms with Crippen molar-refractivity contribution in [3.8, 4) is 0 Å². The van der Waals surface area contributed by atoms with E-state index in [4.69, 9.17) is 0 Å². The van der Waals surface area contributed by atoms with Crippen LogP contribution >= 0.6 is 0 Å². The maximum Gasteiger partial charge on any atom is 0.253 e. The van der Waals surface area contributed by atoms with E-state index in [9.17, 15) is 14.4 Å². The molecule has 0 spiro atoms. The molecule has 1 N–H and O–H groups in total. The van der Waals surface area contributed by atoms with Gasteiger partial charge < -0.3 is 15.1 Å². The fourth-order valence-corrected chi connectivity index (χ4v) is 4.57. The highest BCUT2D eigenvalue weighted by molar-refractivity contribution is 6.09. The molecule has 0 aromatic heterocycles. The minimum atomic E-state index is -0.258. The Balaban J connectivity index is 1.63. The lowest BCUT2D eigenvalue weighted by atomic mass is 9.95. The van der Waals surface area contributed by atoms with Crippen LogP contribution in [0.1, 0.15) is 48.1 Å². The van der Waals surface area contributed by atoms with Gasteiger partial charge in [-0.25, -0.2) is 0 Å². The molecule has 2 aliphatic rings. The van der Waals surface area contributed by atoms with E-state index in [1.165, 1.54) is 4.90 Å². The Morgan fingerprint density at radius 2 is 1.84 bits per heavy atom. The van der Waals surface area contributed by atoms with Crippen molar-refractivity contribution < 1.29 is 14.4 Å². The molecule has 4 rings (SSSR count). The van der Waals surface area contributed by atoms with E-state index >= 15 is 0 Å². The van der Waals surface area contributed by atoms with Crippen molar-refractivity contribution in [2.45, 2.75) is 38.3 Å². The molecule has 2 aliphatic heterocycles. The third-order valence-electron chi connectivity index (χ3n) is 6.26. The van der Waals surface area contributed by atoms with Gasteiger partial charge in [-0.15, -0.1) is 0 Å². The standard InChI is InChI=1S/C25H30N4O3/c1-17(18-9-5-4-6-10-18)26-23(30)16-29-22-15-19(24(31)27(2)3)12-13-20(22)28-14-8-7-11-21(28)25(29)32/h4-6,9-10,12-13,15,17,21H,7-8,11,14,16H2,1-3H3,(H,26,30). The number of benzene rings is 2. The van der Waals surface area contributed by atoms with Gasteiger partial charge in [0.1, 0.15) is 12.6 Å². The number of fused-ring (bicyclic) bond motifs is 3. The van der Waals surface area contributed by atoms with E-state index in [0.29, 0.717) is 11.3 Å². The van der Waals surface area contributed by atoms with Gasteiger partial charge >= 0.3 is 0 Å². The molecule has 7 nitrogen and oxygen atoms in total. The van der Waals surface area contributed by atoms with E-state index in [0.717, 1.165) is 37.1 Å². The molecule has 0 radical (unpaired) electrons. The summed E-state index contributed by atoms with van der Waals surface area (Å²) in [6.45, 7) is 2.65. The van der Waals surface area contributed by atoms with Crippen LogP contribution in [0.2, 0.25) is 0 Å². The summed E-state index contributed by atoms with van der Waals surface area (Å²) in [4.78, 5) is 44.1. The van der Waals surface area contributed by atoms with E-state index in [-0.39, 0.29) is 36.3 Å². The van der Waals surface area contributed by atoms with E-state index in [2.05, 4.69) is 10.2 Å². The van der Waals surface area contributed by atoms with Crippen molar-refractivity contribution in [3.63, 3.8) is 0 Å². The fraction of sp³-hybridized carbons (Fsp3) is 0.400. The summed E-state index contributed by atoms with van der Waals surface area (Å²) in [6, 6.07) is 14.8. The average molecular weight is 435 g/mol. The van der Waals surface area contributed by atoms with Crippen molar-refractivity contribution >= 4 is 29.1 Å². The topological polar surface area (TPSA) is 73.0 Å². The Bertz CT molecular complexity index is 1020. The van der Waals surface area contributed by atoms with Gasteiger partial charge in [0.25, 0.3) is 5.91 Å². The number of nitrogens with one attached hydrogen (secondary N) is 1. The van der Waals surface area contributed by atoms with Gasteiger partial charge in [-0.05, 0) is 49.9 Å². The van der Waals surface area contributed by atoms with Gasteiger partial charge in [0.05, 0.1) is 17.4 Å². The second-order valence-corrected chi connectivity index (χ2v) is 8.73. The van der Waals surface area contributed by atoms with Crippen molar-refractivity contribution in [1.29, 1.82) is 0 Å². The lowest BCUT2D eigenvalue weighted by molar-refractivity contribution is -0.125. The van der Waals surface area contributed by atoms with Gasteiger partial charge in [0.2, 0.25) is 11.8 Å². The summed E-state index contributed by atoms with van der Waals surface area (Å²) in [5.74, 6) is -0.438. The maximum absolute atomic E-state index is 13.4. The van der Waals surface area contributed by atoms with Crippen molar-refractivity contribution in [2.75, 3.05) is 37.0 Å². The number of nitrogens with zero attached hydrogens (tertiary/aromatic N) is 3. The monoisotopic (exact) mass is 434 g/mol. The largest absolute Gasteiger partial charge is 0.358 e. The molecule has 1 fully saturated rings. The van der Waals surface area contributed by atoms with Crippen LogP contribution in [0.3, 0.4) is 0 Å². The van der Waals surface area contributed by atoms with Gasteiger partial charge in [0, 0.05) is 26.2 Å². The number of rotatable bonds is 5. The molecule has 0 aliphatic carbocycles. The summed E-state index contributed by atoms with van der Waals surface area (Å²) >= 11 is 0. The molecule has 2 aromatic rings. The predicted molar refractivity (Wildman–Crippen MR) is 125 cm³/mol. The van der Waals surface area contributed by atoms with Crippen molar-refractivity contribution in [3.05, 3.63) is 59.7 Å². The maximum atomic E-state index is 13.4. The van der Waals surface area contributed by atoms with Gasteiger partial charge in [-0.3, -0.25) is 19.3 Å². The molecule has 3 amide bonds. The van der Waals surface area contributed by atoms with Crippen LogP contribution in [0, 0.1) is 0 Å². The molecular weight excluding hydrogens is 404 g/mol. The highest BCUT2D eigenvalue weighted by Gasteiger charge is 2.40. The molecule has 7 heteroatoms. The van der Waals surface area contributed by atoms with Crippen LogP contribution in [0.25, 0.3) is 0 Å². The fourth-order valence-electron chi connectivity index (χ4n) is 4.57. The average Bonchev–Trinajstić information content (AvgIpc) is 2.81. The van der Waals surface area contributed by atoms with Crippen molar-refractivity contribution in [2.24, 2.45) is 0 Å². The first-order chi connectivity index (χ1) is 15.4. The first kappa shape index (κ1) is 21.9. The molecular formula is C25H30N4O3. The molecule has 0 bridgehead atoms. The molecule has 2 aromatic carbocycles. The molecule has 2 unspecified atom stereocenters. The molecule has 1 saturated heterocycles. The quantitative estimate of drug-likeness (QED) is 0.785. The van der Waals surface area contributed by atoms with Crippen molar-refractivity contribution in [1.82, 2.24) is 10.2 Å². The number of amides is 3. The Hall–Kier alpha value is -3.35. The normalized spacial score (nSPS) is 18.5. The first-order valence-corrected chi connectivity index (χ1v) is 11.1. The van der Waals surface area contributed by atoms with Gasteiger partial charge in [0.15, 0.2) is 0 Å². The van der Waals surface area contributed by atoms with Crippen LogP contribution in [0.5, 0.6) is 0 Å². The lowest BCUT2D eigenvalue weighted by Gasteiger charge is -2.45. The number of anilines is 2. The molecule has 2 atom stereocenters.